The van der Waals surface area contributed by atoms with Gasteiger partial charge in [0.05, 0.1) is 12.0 Å². The number of amides is 1. The third-order valence-electron chi connectivity index (χ3n) is 6.18. The van der Waals surface area contributed by atoms with Gasteiger partial charge < -0.3 is 29.4 Å². The van der Waals surface area contributed by atoms with E-state index in [2.05, 4.69) is 10.3 Å². The number of para-hydroxylation sites is 1. The van der Waals surface area contributed by atoms with Crippen LogP contribution in [0.25, 0.3) is 33.0 Å². The van der Waals surface area contributed by atoms with Crippen LogP contribution in [0.3, 0.4) is 0 Å². The van der Waals surface area contributed by atoms with Gasteiger partial charge in [0.25, 0.3) is 5.91 Å². The number of ether oxygens (including phenoxy) is 1. The van der Waals surface area contributed by atoms with Crippen molar-refractivity contribution >= 4 is 33.7 Å². The summed E-state index contributed by atoms with van der Waals surface area (Å²) < 4.78 is 11.1. The van der Waals surface area contributed by atoms with E-state index in [0.717, 1.165) is 27.6 Å². The molecule has 5 rings (SSSR count). The second kappa shape index (κ2) is 10.0. The quantitative estimate of drug-likeness (QED) is 0.319. The maximum Gasteiger partial charge on any atom is 0.336 e. The number of carboxylic acid groups (broad SMARTS) is 1. The average Bonchev–Trinajstić information content (AvgIpc) is 3.30. The summed E-state index contributed by atoms with van der Waals surface area (Å²) in [7, 11) is 0. The fourth-order valence-corrected chi connectivity index (χ4v) is 4.33. The fourth-order valence-electron chi connectivity index (χ4n) is 4.33. The molecular formula is C29H23N2O6-. The van der Waals surface area contributed by atoms with Crippen LogP contribution in [-0.2, 0) is 16.0 Å². The number of aromatic nitrogens is 1. The van der Waals surface area contributed by atoms with Gasteiger partial charge in [0.15, 0.2) is 6.10 Å². The molecule has 0 fully saturated rings. The lowest BCUT2D eigenvalue weighted by Crippen LogP contribution is -2.52. The third kappa shape index (κ3) is 5.08. The minimum atomic E-state index is -1.40. The molecule has 0 saturated heterocycles. The highest BCUT2D eigenvalue weighted by Gasteiger charge is 2.22. The monoisotopic (exact) mass is 495 g/mol. The van der Waals surface area contributed by atoms with Crippen molar-refractivity contribution in [2.24, 2.45) is 0 Å². The number of hydrogen-bond donors (Lipinski definition) is 2. The Balaban J connectivity index is 1.32. The largest absolute Gasteiger partial charge is 0.548 e. The van der Waals surface area contributed by atoms with E-state index >= 15 is 0 Å². The Morgan fingerprint density at radius 1 is 1.00 bits per heavy atom. The van der Waals surface area contributed by atoms with Crippen molar-refractivity contribution in [2.75, 3.05) is 0 Å². The van der Waals surface area contributed by atoms with Crippen molar-refractivity contribution < 1.29 is 23.8 Å². The van der Waals surface area contributed by atoms with Crippen molar-refractivity contribution in [2.45, 2.75) is 25.5 Å². The predicted octanol–water partition coefficient (Wildman–Crippen LogP) is 3.19. The van der Waals surface area contributed by atoms with E-state index in [1.807, 2.05) is 54.6 Å². The lowest BCUT2D eigenvalue weighted by atomic mass is 10.0. The van der Waals surface area contributed by atoms with Crippen molar-refractivity contribution in [1.29, 1.82) is 0 Å². The lowest BCUT2D eigenvalue weighted by Gasteiger charge is -2.22. The van der Waals surface area contributed by atoms with Crippen LogP contribution >= 0.6 is 0 Å². The zero-order valence-electron chi connectivity index (χ0n) is 19.9. The molecule has 2 aromatic heterocycles. The number of H-pyrrole nitrogens is 1. The molecule has 0 aliphatic carbocycles. The number of hydrogen-bond acceptors (Lipinski definition) is 6. The first kappa shape index (κ1) is 23.9. The van der Waals surface area contributed by atoms with Gasteiger partial charge >= 0.3 is 5.63 Å². The van der Waals surface area contributed by atoms with Gasteiger partial charge in [-0.05, 0) is 41.8 Å². The summed E-state index contributed by atoms with van der Waals surface area (Å²) in [6.45, 7) is 1.51. The first-order chi connectivity index (χ1) is 17.9. The summed E-state index contributed by atoms with van der Waals surface area (Å²) in [5.41, 5.74) is 3.00. The second-order valence-corrected chi connectivity index (χ2v) is 8.71. The van der Waals surface area contributed by atoms with Crippen LogP contribution in [0.5, 0.6) is 5.75 Å². The number of aromatic amines is 1. The smallest absolute Gasteiger partial charge is 0.336 e. The highest BCUT2D eigenvalue weighted by atomic mass is 16.5. The normalized spacial score (nSPS) is 12.8. The Hall–Kier alpha value is -4.85. The van der Waals surface area contributed by atoms with Gasteiger partial charge in [0.1, 0.15) is 11.3 Å². The van der Waals surface area contributed by atoms with E-state index in [1.165, 1.54) is 19.1 Å². The summed E-state index contributed by atoms with van der Waals surface area (Å²) in [4.78, 5) is 39.9. The van der Waals surface area contributed by atoms with E-state index in [-0.39, 0.29) is 6.42 Å². The van der Waals surface area contributed by atoms with Crippen molar-refractivity contribution in [1.82, 2.24) is 10.3 Å². The van der Waals surface area contributed by atoms with Crippen LogP contribution in [0.2, 0.25) is 0 Å². The van der Waals surface area contributed by atoms with Crippen LogP contribution in [0.4, 0.5) is 0 Å². The molecular weight excluding hydrogens is 472 g/mol. The summed E-state index contributed by atoms with van der Waals surface area (Å²) in [5.74, 6) is -1.72. The average molecular weight is 496 g/mol. The molecule has 2 heterocycles. The van der Waals surface area contributed by atoms with Gasteiger partial charge in [0.2, 0.25) is 0 Å². The van der Waals surface area contributed by atoms with Crippen LogP contribution < -0.4 is 20.8 Å². The summed E-state index contributed by atoms with van der Waals surface area (Å²) in [6, 6.07) is 22.1. The lowest BCUT2D eigenvalue weighted by molar-refractivity contribution is -0.308. The van der Waals surface area contributed by atoms with Crippen LogP contribution in [-0.4, -0.2) is 29.0 Å². The van der Waals surface area contributed by atoms with Crippen LogP contribution in [0.15, 0.2) is 94.3 Å². The standard InChI is InChI=1S/C29H24N2O6/c1-17(28(33)31-25(29(34)35)13-19-16-30-24-10-6-5-9-21(19)24)36-20-11-12-22-23(18-7-3-2-4-8-18)15-27(32)37-26(22)14-20/h2-12,14-17,25,30H,13H2,1H3,(H,31,33)(H,34,35)/p-1/t17-,25-/m0/s1. The van der Waals surface area contributed by atoms with Crippen molar-refractivity contribution in [3.8, 4) is 16.9 Å². The molecule has 37 heavy (non-hydrogen) atoms. The first-order valence-corrected chi connectivity index (χ1v) is 11.8. The number of aliphatic carboxylic acids is 1. The molecule has 5 aromatic rings. The third-order valence-corrected chi connectivity index (χ3v) is 6.18. The zero-order valence-corrected chi connectivity index (χ0v) is 19.9. The number of carbonyl (C=O) groups is 2. The molecule has 2 atom stereocenters. The molecule has 0 aliphatic heterocycles. The number of rotatable bonds is 8. The molecule has 3 aromatic carbocycles. The Bertz CT molecular complexity index is 1650. The summed E-state index contributed by atoms with van der Waals surface area (Å²) >= 11 is 0. The molecule has 0 unspecified atom stereocenters. The second-order valence-electron chi connectivity index (χ2n) is 8.71. The molecule has 8 nitrogen and oxygen atoms in total. The molecule has 0 aliphatic rings. The van der Waals surface area contributed by atoms with E-state index in [0.29, 0.717) is 16.7 Å². The van der Waals surface area contributed by atoms with Crippen LogP contribution in [0.1, 0.15) is 12.5 Å². The molecule has 186 valence electrons. The van der Waals surface area contributed by atoms with E-state index in [9.17, 15) is 19.5 Å². The molecule has 0 radical (unpaired) electrons. The van der Waals surface area contributed by atoms with Gasteiger partial charge in [-0.3, -0.25) is 4.79 Å². The van der Waals surface area contributed by atoms with Crippen molar-refractivity contribution in [3.05, 3.63) is 101 Å². The fraction of sp³-hybridized carbons (Fsp3) is 0.138. The molecule has 0 spiro atoms. The SMILES string of the molecule is C[C@H](Oc1ccc2c(-c3ccccc3)cc(=O)oc2c1)C(=O)N[C@@H](Cc1c[nH]c2ccccc12)C(=O)[O-]. The number of nitrogens with one attached hydrogen (secondary N) is 2. The van der Waals surface area contributed by atoms with E-state index in [4.69, 9.17) is 9.15 Å². The molecule has 0 bridgehead atoms. The van der Waals surface area contributed by atoms with Gasteiger partial charge in [-0.25, -0.2) is 4.79 Å². The summed E-state index contributed by atoms with van der Waals surface area (Å²) in [6.07, 6.45) is 0.749. The molecule has 0 saturated carbocycles. The van der Waals surface area contributed by atoms with E-state index in [1.54, 1.807) is 18.3 Å². The van der Waals surface area contributed by atoms with Crippen LogP contribution in [0, 0.1) is 0 Å². The van der Waals surface area contributed by atoms with Gasteiger partial charge in [0, 0.05) is 41.0 Å². The minimum absolute atomic E-state index is 0.0498. The van der Waals surface area contributed by atoms with Gasteiger partial charge in [-0.2, -0.15) is 0 Å². The molecule has 8 heteroatoms. The minimum Gasteiger partial charge on any atom is -0.548 e. The number of carboxylic acids is 1. The topological polar surface area (TPSA) is 124 Å². The molecule has 1 amide bonds. The predicted molar refractivity (Wildman–Crippen MR) is 137 cm³/mol. The van der Waals surface area contributed by atoms with E-state index < -0.39 is 29.6 Å². The number of fused-ring (bicyclic) bond motifs is 2. The number of benzene rings is 3. The highest BCUT2D eigenvalue weighted by molar-refractivity contribution is 5.94. The Morgan fingerprint density at radius 3 is 2.54 bits per heavy atom. The zero-order chi connectivity index (χ0) is 25.9. The van der Waals surface area contributed by atoms with Gasteiger partial charge in [-0.15, -0.1) is 0 Å². The highest BCUT2D eigenvalue weighted by Crippen LogP contribution is 2.30. The number of carbonyl (C=O) groups excluding carboxylic acids is 2. The first-order valence-electron chi connectivity index (χ1n) is 11.8. The Kier molecular flexibility index (Phi) is 6.47. The Labute approximate surface area is 211 Å². The summed E-state index contributed by atoms with van der Waals surface area (Å²) in [5, 5.41) is 15.9. The Morgan fingerprint density at radius 2 is 1.76 bits per heavy atom. The maximum atomic E-state index is 12.8. The molecule has 2 N–H and O–H groups in total. The van der Waals surface area contributed by atoms with Crippen molar-refractivity contribution in [3.63, 3.8) is 0 Å². The van der Waals surface area contributed by atoms with Gasteiger partial charge in [-0.1, -0.05) is 48.5 Å². The maximum absolute atomic E-state index is 12.8.